The van der Waals surface area contributed by atoms with E-state index < -0.39 is 12.1 Å². The number of methoxy groups -OCH3 is 3. The summed E-state index contributed by atoms with van der Waals surface area (Å²) in [5.41, 5.74) is 4.10. The third-order valence-corrected chi connectivity index (χ3v) is 9.08. The highest BCUT2D eigenvalue weighted by Crippen LogP contribution is 2.50. The summed E-state index contributed by atoms with van der Waals surface area (Å²) in [4.78, 5) is 44.9. The van der Waals surface area contributed by atoms with Crippen molar-refractivity contribution in [2.45, 2.75) is 70.9 Å². The zero-order valence-corrected chi connectivity index (χ0v) is 26.0. The summed E-state index contributed by atoms with van der Waals surface area (Å²) in [5, 5.41) is 9.62. The number of carbonyl (C=O) groups excluding carboxylic acids is 2. The van der Waals surface area contributed by atoms with Crippen molar-refractivity contribution in [3.8, 4) is 28.4 Å². The van der Waals surface area contributed by atoms with Gasteiger partial charge in [-0.1, -0.05) is 12.5 Å². The topological polar surface area (TPSA) is 128 Å². The Bertz CT molecular complexity index is 1580. The molecular formula is C32H38N4O6S. The van der Waals surface area contributed by atoms with Gasteiger partial charge in [-0.15, -0.1) is 11.3 Å². The molecule has 0 spiro atoms. The van der Waals surface area contributed by atoms with Crippen molar-refractivity contribution < 1.29 is 23.8 Å². The van der Waals surface area contributed by atoms with Gasteiger partial charge in [-0.25, -0.2) is 4.98 Å². The minimum Gasteiger partial charge on any atom is -0.493 e. The number of hydrogen-bond acceptors (Lipinski definition) is 9. The molecule has 0 bridgehead atoms. The molecule has 0 saturated heterocycles. The van der Waals surface area contributed by atoms with Gasteiger partial charge in [-0.3, -0.25) is 14.4 Å². The predicted molar refractivity (Wildman–Crippen MR) is 168 cm³/mol. The molecule has 5 rings (SSSR count). The van der Waals surface area contributed by atoms with E-state index in [-0.39, 0.29) is 22.9 Å². The Balaban J connectivity index is 1.51. The Morgan fingerprint density at radius 1 is 1.00 bits per heavy atom. The molecule has 3 N–H and O–H groups in total. The van der Waals surface area contributed by atoms with E-state index in [2.05, 4.69) is 20.9 Å². The molecule has 0 aliphatic heterocycles. The molecule has 11 heteroatoms. The van der Waals surface area contributed by atoms with Crippen LogP contribution in [0.2, 0.25) is 0 Å². The van der Waals surface area contributed by atoms with Crippen molar-refractivity contribution in [2.75, 3.05) is 32.0 Å². The maximum Gasteiger partial charge on any atom is 0.248 e. The lowest BCUT2D eigenvalue weighted by Gasteiger charge is -2.19. The van der Waals surface area contributed by atoms with Crippen LogP contribution in [0.1, 0.15) is 67.3 Å². The fraction of sp³-hybridized carbons (Fsp3) is 0.438. The first kappa shape index (κ1) is 30.3. The van der Waals surface area contributed by atoms with E-state index in [1.807, 2.05) is 12.1 Å². The van der Waals surface area contributed by atoms with Crippen LogP contribution in [-0.2, 0) is 28.9 Å². The predicted octanol–water partition coefficient (Wildman–Crippen LogP) is 5.03. The molecule has 2 aliphatic carbocycles. The van der Waals surface area contributed by atoms with E-state index in [4.69, 9.17) is 14.2 Å². The molecule has 1 heterocycles. The van der Waals surface area contributed by atoms with Crippen molar-refractivity contribution in [3.63, 3.8) is 0 Å². The molecule has 43 heavy (non-hydrogen) atoms. The quantitative estimate of drug-likeness (QED) is 0.305. The third-order valence-electron chi connectivity index (χ3n) is 8.01. The van der Waals surface area contributed by atoms with Crippen molar-refractivity contribution >= 4 is 34.0 Å². The van der Waals surface area contributed by atoms with Crippen LogP contribution in [0, 0.1) is 0 Å². The molecule has 2 atom stereocenters. The highest BCUT2D eigenvalue weighted by Gasteiger charge is 2.29. The van der Waals surface area contributed by atoms with Gasteiger partial charge >= 0.3 is 0 Å². The Hall–Kier alpha value is -4.12. The van der Waals surface area contributed by atoms with Gasteiger partial charge in [0, 0.05) is 17.4 Å². The first-order chi connectivity index (χ1) is 20.7. The Labute approximate surface area is 255 Å². The van der Waals surface area contributed by atoms with Gasteiger partial charge in [0.1, 0.15) is 6.04 Å². The monoisotopic (exact) mass is 606 g/mol. The summed E-state index contributed by atoms with van der Waals surface area (Å²) < 4.78 is 17.1. The van der Waals surface area contributed by atoms with E-state index >= 15 is 0 Å². The van der Waals surface area contributed by atoms with Gasteiger partial charge in [0.05, 0.1) is 38.8 Å². The van der Waals surface area contributed by atoms with Gasteiger partial charge in [0.2, 0.25) is 23.0 Å². The normalized spacial score (nSPS) is 16.3. The summed E-state index contributed by atoms with van der Waals surface area (Å²) >= 11 is 1.53. The third kappa shape index (κ3) is 6.31. The van der Waals surface area contributed by atoms with Gasteiger partial charge in [0.15, 0.2) is 16.6 Å². The number of aromatic nitrogens is 1. The molecular weight excluding hydrogens is 568 g/mol. The number of ether oxygens (including phenoxy) is 3. The van der Waals surface area contributed by atoms with Gasteiger partial charge in [-0.05, 0) is 80.3 Å². The number of hydrogen-bond donors (Lipinski definition) is 3. The van der Waals surface area contributed by atoms with Gasteiger partial charge in [0.25, 0.3) is 0 Å². The number of fused-ring (bicyclic) bond motifs is 4. The van der Waals surface area contributed by atoms with Crippen LogP contribution in [0.3, 0.4) is 0 Å². The number of amides is 2. The molecule has 10 nitrogen and oxygen atoms in total. The largest absolute Gasteiger partial charge is 0.493 e. The molecule has 228 valence electrons. The van der Waals surface area contributed by atoms with Gasteiger partial charge in [-0.2, -0.15) is 0 Å². The Morgan fingerprint density at radius 3 is 2.49 bits per heavy atom. The number of benzene rings is 1. The SMILES string of the molecule is COc1cc2c(c(OC)c1OC)-c1ccc(N[C@@H](C)C(=O)Nc3nc4c(s3)CCCCC4)c(=O)cc1[C@@H](NC(C)=O)CC2. The molecule has 2 amide bonds. The number of rotatable bonds is 8. The van der Waals surface area contributed by atoms with E-state index in [0.717, 1.165) is 48.1 Å². The van der Waals surface area contributed by atoms with Crippen molar-refractivity contribution in [1.82, 2.24) is 10.3 Å². The van der Waals surface area contributed by atoms with E-state index in [9.17, 15) is 14.4 Å². The lowest BCUT2D eigenvalue weighted by molar-refractivity contribution is -0.119. The molecule has 0 saturated carbocycles. The van der Waals surface area contributed by atoms with E-state index in [1.165, 1.54) is 35.6 Å². The summed E-state index contributed by atoms with van der Waals surface area (Å²) in [7, 11) is 4.67. The zero-order chi connectivity index (χ0) is 30.7. The number of aryl methyl sites for hydroxylation is 3. The first-order valence-electron chi connectivity index (χ1n) is 14.6. The number of thiazole rings is 1. The molecule has 3 aromatic rings. The number of carbonyl (C=O) groups is 2. The molecule has 0 fully saturated rings. The van der Waals surface area contributed by atoms with Crippen LogP contribution in [-0.4, -0.2) is 44.2 Å². The van der Waals surface area contributed by atoms with Crippen LogP contribution in [0.25, 0.3) is 11.1 Å². The summed E-state index contributed by atoms with van der Waals surface area (Å²) in [6.45, 7) is 3.17. The number of nitrogens with zero attached hydrogens (tertiary/aromatic N) is 1. The maximum atomic E-state index is 13.6. The van der Waals surface area contributed by atoms with Crippen LogP contribution < -0.4 is 35.6 Å². The van der Waals surface area contributed by atoms with E-state index in [0.29, 0.717) is 40.8 Å². The smallest absolute Gasteiger partial charge is 0.248 e. The Kier molecular flexibility index (Phi) is 9.19. The molecule has 0 unspecified atom stereocenters. The Morgan fingerprint density at radius 2 is 1.77 bits per heavy atom. The number of anilines is 2. The second-order valence-electron chi connectivity index (χ2n) is 10.9. The fourth-order valence-corrected chi connectivity index (χ4v) is 6.97. The second-order valence-corrected chi connectivity index (χ2v) is 12.0. The van der Waals surface area contributed by atoms with E-state index in [1.54, 1.807) is 34.3 Å². The van der Waals surface area contributed by atoms with Gasteiger partial charge < -0.3 is 30.2 Å². The summed E-state index contributed by atoms with van der Waals surface area (Å²) in [6.07, 6.45) is 6.55. The fourth-order valence-electron chi connectivity index (χ4n) is 5.92. The minimum atomic E-state index is -0.712. The highest BCUT2D eigenvalue weighted by molar-refractivity contribution is 7.15. The highest BCUT2D eigenvalue weighted by atomic mass is 32.1. The van der Waals surface area contributed by atoms with Crippen LogP contribution in [0.15, 0.2) is 29.1 Å². The molecule has 2 aliphatic rings. The molecule has 0 radical (unpaired) electrons. The zero-order valence-electron chi connectivity index (χ0n) is 25.2. The van der Waals surface area contributed by atoms with Crippen LogP contribution in [0.5, 0.6) is 17.2 Å². The number of nitrogens with one attached hydrogen (secondary N) is 3. The van der Waals surface area contributed by atoms with Crippen LogP contribution in [0.4, 0.5) is 10.8 Å². The average Bonchev–Trinajstić information content (AvgIpc) is 3.08. The van der Waals surface area contributed by atoms with Crippen LogP contribution >= 0.6 is 11.3 Å². The van der Waals surface area contributed by atoms with Crippen molar-refractivity contribution in [3.05, 3.63) is 56.2 Å². The lowest BCUT2D eigenvalue weighted by Crippen LogP contribution is -2.33. The maximum absolute atomic E-state index is 13.6. The minimum absolute atomic E-state index is 0.203. The molecule has 2 aromatic carbocycles. The standard InChI is InChI=1S/C32H38N4O6S/c1-17(31(39)36-32-35-24-9-7-6-8-10-27(24)43-32)33-23-14-12-20-21(16-25(23)38)22(34-18(2)37)13-11-19-15-26(40-3)29(41-4)30(42-5)28(19)20/h12,14-17,22H,6-11,13H2,1-5H3,(H,33,38)(H,34,37)(H,35,36,39)/t17-,22-/m0/s1. The molecule has 1 aromatic heterocycles. The second kappa shape index (κ2) is 13.0. The van der Waals surface area contributed by atoms with Crippen molar-refractivity contribution in [2.24, 2.45) is 0 Å². The lowest BCUT2D eigenvalue weighted by atomic mass is 9.95. The summed E-state index contributed by atoms with van der Waals surface area (Å²) in [6, 6.07) is 5.81. The van der Waals surface area contributed by atoms with Crippen molar-refractivity contribution in [1.29, 1.82) is 0 Å². The average molecular weight is 607 g/mol. The summed E-state index contributed by atoms with van der Waals surface area (Å²) in [5.74, 6) is 0.956. The first-order valence-corrected chi connectivity index (χ1v) is 15.4.